The van der Waals surface area contributed by atoms with Gasteiger partial charge in [0.1, 0.15) is 13.2 Å². The number of thiazole rings is 1. The fourth-order valence-corrected chi connectivity index (χ4v) is 5.35. The van der Waals surface area contributed by atoms with Crippen molar-refractivity contribution in [3.8, 4) is 22.8 Å². The molecule has 0 saturated heterocycles. The van der Waals surface area contributed by atoms with Crippen molar-refractivity contribution in [3.63, 3.8) is 0 Å². The van der Waals surface area contributed by atoms with Crippen LogP contribution >= 0.6 is 27.3 Å². The number of nitrogens with zero attached hydrogens (tertiary/aromatic N) is 3. The maximum absolute atomic E-state index is 5.86. The molecule has 7 heteroatoms. The van der Waals surface area contributed by atoms with Gasteiger partial charge in [-0.1, -0.05) is 64.0 Å². The molecule has 1 unspecified atom stereocenters. The van der Waals surface area contributed by atoms with Crippen molar-refractivity contribution < 1.29 is 9.47 Å². The zero-order valence-corrected chi connectivity index (χ0v) is 21.0. The predicted octanol–water partition coefficient (Wildman–Crippen LogP) is 7.01. The van der Waals surface area contributed by atoms with Crippen LogP contribution in [0, 0.1) is 6.92 Å². The summed E-state index contributed by atoms with van der Waals surface area (Å²) in [4.78, 5) is 4.96. The van der Waals surface area contributed by atoms with Crippen LogP contribution in [0.15, 0.2) is 81.7 Å². The van der Waals surface area contributed by atoms with Gasteiger partial charge in [0.05, 0.1) is 17.4 Å². The molecule has 2 aliphatic heterocycles. The van der Waals surface area contributed by atoms with Crippen LogP contribution in [-0.4, -0.2) is 23.9 Å². The van der Waals surface area contributed by atoms with Crippen molar-refractivity contribution in [2.45, 2.75) is 19.4 Å². The van der Waals surface area contributed by atoms with E-state index in [9.17, 15) is 0 Å². The Labute approximate surface area is 210 Å². The molecule has 0 saturated carbocycles. The van der Waals surface area contributed by atoms with E-state index in [1.165, 1.54) is 5.56 Å². The quantitative estimate of drug-likeness (QED) is 0.284. The number of benzene rings is 3. The summed E-state index contributed by atoms with van der Waals surface area (Å²) in [7, 11) is 0. The lowest BCUT2D eigenvalue weighted by Gasteiger charge is -2.24. The number of aryl methyl sites for hydroxylation is 1. The standard InChI is InChI=1S/C27H22BrN3O2S/c1-17-2-4-18(5-3-17)22-15-24(20-8-11-25-26(14-20)33-13-12-32-25)31(30-22)27-29-23(16-34-27)19-6-9-21(28)10-7-19/h2-11,14,16,24H,12-13,15H2,1H3. The molecule has 34 heavy (non-hydrogen) atoms. The fourth-order valence-electron chi connectivity index (χ4n) is 4.26. The molecular formula is C27H22BrN3O2S. The second-order valence-electron chi connectivity index (χ2n) is 8.40. The van der Waals surface area contributed by atoms with Gasteiger partial charge in [0.25, 0.3) is 0 Å². The highest BCUT2D eigenvalue weighted by Crippen LogP contribution is 2.42. The molecule has 6 rings (SSSR count). The summed E-state index contributed by atoms with van der Waals surface area (Å²) in [5, 5.41) is 10.1. The third kappa shape index (κ3) is 4.10. The Morgan fingerprint density at radius 2 is 1.65 bits per heavy atom. The Morgan fingerprint density at radius 3 is 2.44 bits per heavy atom. The van der Waals surface area contributed by atoms with Crippen LogP contribution in [0.5, 0.6) is 11.5 Å². The molecule has 2 aliphatic rings. The Kier molecular flexibility index (Phi) is 5.59. The number of hydrogen-bond donors (Lipinski definition) is 0. The van der Waals surface area contributed by atoms with E-state index in [-0.39, 0.29) is 6.04 Å². The van der Waals surface area contributed by atoms with Gasteiger partial charge in [-0.3, -0.25) is 0 Å². The Morgan fingerprint density at radius 1 is 0.912 bits per heavy atom. The van der Waals surface area contributed by atoms with E-state index in [1.807, 2.05) is 18.2 Å². The van der Waals surface area contributed by atoms with E-state index in [1.54, 1.807) is 11.3 Å². The van der Waals surface area contributed by atoms with Gasteiger partial charge in [0.2, 0.25) is 5.13 Å². The van der Waals surface area contributed by atoms with E-state index in [0.29, 0.717) is 13.2 Å². The maximum Gasteiger partial charge on any atom is 0.207 e. The van der Waals surface area contributed by atoms with Crippen molar-refractivity contribution in [2.24, 2.45) is 5.10 Å². The lowest BCUT2D eigenvalue weighted by Crippen LogP contribution is -2.20. The average molecular weight is 532 g/mol. The van der Waals surface area contributed by atoms with Crippen molar-refractivity contribution in [1.29, 1.82) is 0 Å². The summed E-state index contributed by atoms with van der Waals surface area (Å²) in [5.74, 6) is 1.59. The third-order valence-electron chi connectivity index (χ3n) is 6.07. The Bertz CT molecular complexity index is 1370. The first-order valence-corrected chi connectivity index (χ1v) is 12.9. The molecule has 170 valence electrons. The molecule has 1 atom stereocenters. The van der Waals surface area contributed by atoms with Gasteiger partial charge >= 0.3 is 0 Å². The minimum Gasteiger partial charge on any atom is -0.486 e. The van der Waals surface area contributed by atoms with Crippen LogP contribution in [0.4, 0.5) is 5.13 Å². The first-order valence-electron chi connectivity index (χ1n) is 11.2. The molecule has 5 nitrogen and oxygen atoms in total. The molecule has 0 aliphatic carbocycles. The summed E-state index contributed by atoms with van der Waals surface area (Å²) in [5.41, 5.74) is 6.61. The third-order valence-corrected chi connectivity index (χ3v) is 7.43. The SMILES string of the molecule is Cc1ccc(C2=NN(c3nc(-c4ccc(Br)cc4)cs3)C(c3ccc4c(c3)OCCO4)C2)cc1. The monoisotopic (exact) mass is 531 g/mol. The van der Waals surface area contributed by atoms with Crippen molar-refractivity contribution >= 4 is 38.1 Å². The number of fused-ring (bicyclic) bond motifs is 1. The Balaban J connectivity index is 1.38. The van der Waals surface area contributed by atoms with Gasteiger partial charge in [0, 0.05) is 21.8 Å². The molecule has 0 spiro atoms. The Hall–Kier alpha value is -3.16. The summed E-state index contributed by atoms with van der Waals surface area (Å²) in [6, 6.07) is 23.0. The van der Waals surface area contributed by atoms with Crippen LogP contribution < -0.4 is 14.5 Å². The lowest BCUT2D eigenvalue weighted by atomic mass is 9.97. The van der Waals surface area contributed by atoms with Crippen LogP contribution in [0.25, 0.3) is 11.3 Å². The van der Waals surface area contributed by atoms with Crippen molar-refractivity contribution in [3.05, 3.63) is 93.3 Å². The van der Waals surface area contributed by atoms with Gasteiger partial charge in [-0.05, 0) is 42.3 Å². The first kappa shape index (κ1) is 21.4. The van der Waals surface area contributed by atoms with Gasteiger partial charge in [0.15, 0.2) is 11.5 Å². The second kappa shape index (κ2) is 8.89. The largest absolute Gasteiger partial charge is 0.486 e. The number of ether oxygens (including phenoxy) is 2. The molecule has 0 fully saturated rings. The topological polar surface area (TPSA) is 47.0 Å². The smallest absolute Gasteiger partial charge is 0.207 e. The van der Waals surface area contributed by atoms with Crippen LogP contribution in [0.3, 0.4) is 0 Å². The highest BCUT2D eigenvalue weighted by molar-refractivity contribution is 9.10. The normalized spacial score (nSPS) is 17.1. The first-order chi connectivity index (χ1) is 16.6. The van der Waals surface area contributed by atoms with E-state index in [4.69, 9.17) is 19.6 Å². The molecule has 3 heterocycles. The van der Waals surface area contributed by atoms with Gasteiger partial charge in [-0.2, -0.15) is 5.10 Å². The van der Waals surface area contributed by atoms with Crippen LogP contribution in [0.1, 0.15) is 29.2 Å². The van der Waals surface area contributed by atoms with E-state index in [0.717, 1.165) is 55.6 Å². The number of rotatable bonds is 4. The zero-order chi connectivity index (χ0) is 23.1. The summed E-state index contributed by atoms with van der Waals surface area (Å²) < 4.78 is 12.7. The van der Waals surface area contributed by atoms with E-state index >= 15 is 0 Å². The van der Waals surface area contributed by atoms with Crippen molar-refractivity contribution in [1.82, 2.24) is 4.98 Å². The van der Waals surface area contributed by atoms with E-state index < -0.39 is 0 Å². The average Bonchev–Trinajstić information content (AvgIpc) is 3.53. The molecule has 1 aromatic heterocycles. The number of aromatic nitrogens is 1. The van der Waals surface area contributed by atoms with Crippen molar-refractivity contribution in [2.75, 3.05) is 18.2 Å². The molecule has 0 bridgehead atoms. The molecule has 0 radical (unpaired) electrons. The maximum atomic E-state index is 5.86. The zero-order valence-electron chi connectivity index (χ0n) is 18.6. The fraction of sp³-hybridized carbons (Fsp3) is 0.185. The van der Waals surface area contributed by atoms with Gasteiger partial charge in [-0.15, -0.1) is 11.3 Å². The highest BCUT2D eigenvalue weighted by atomic mass is 79.9. The van der Waals surface area contributed by atoms with Gasteiger partial charge < -0.3 is 9.47 Å². The van der Waals surface area contributed by atoms with Gasteiger partial charge in [-0.25, -0.2) is 9.99 Å². The van der Waals surface area contributed by atoms with E-state index in [2.05, 4.69) is 81.8 Å². The summed E-state index contributed by atoms with van der Waals surface area (Å²) in [6.07, 6.45) is 0.788. The molecule has 0 amide bonds. The predicted molar refractivity (Wildman–Crippen MR) is 140 cm³/mol. The van der Waals surface area contributed by atoms with Crippen LogP contribution in [-0.2, 0) is 0 Å². The highest BCUT2D eigenvalue weighted by Gasteiger charge is 2.32. The second-order valence-corrected chi connectivity index (χ2v) is 10.2. The molecule has 0 N–H and O–H groups in total. The summed E-state index contributed by atoms with van der Waals surface area (Å²) >= 11 is 5.12. The minimum absolute atomic E-state index is 0.0241. The number of hydrazone groups is 1. The number of halogens is 1. The lowest BCUT2D eigenvalue weighted by molar-refractivity contribution is 0.171. The molecular weight excluding hydrogens is 510 g/mol. The van der Waals surface area contributed by atoms with Crippen LogP contribution in [0.2, 0.25) is 0 Å². The molecule has 3 aromatic carbocycles. The number of hydrogen-bond acceptors (Lipinski definition) is 6. The number of anilines is 1. The molecule has 4 aromatic rings. The minimum atomic E-state index is 0.0241. The summed E-state index contributed by atoms with van der Waals surface area (Å²) in [6.45, 7) is 3.25.